The largest absolute Gasteiger partial charge is 0.265 e. The fraction of sp³-hybridized carbons (Fsp3) is 0.214. The van der Waals surface area contributed by atoms with Crippen molar-refractivity contribution in [3.05, 3.63) is 48.8 Å². The molecule has 0 aliphatic carbocycles. The molecule has 1 heterocycles. The summed E-state index contributed by atoms with van der Waals surface area (Å²) in [4.78, 5) is 4.23. The quantitative estimate of drug-likeness (QED) is 0.933. The maximum atomic E-state index is 12.0. The summed E-state index contributed by atoms with van der Waals surface area (Å²) in [6.45, 7) is 3.59. The van der Waals surface area contributed by atoms with Gasteiger partial charge < -0.3 is 0 Å². The summed E-state index contributed by atoms with van der Waals surface area (Å²) in [6.07, 6.45) is 3.42. The normalized spacial score (nSPS) is 11.7. The molecule has 0 aliphatic rings. The first-order valence-electron chi connectivity index (χ1n) is 6.02. The Labute approximate surface area is 113 Å². The van der Waals surface area contributed by atoms with Crippen molar-refractivity contribution in [2.45, 2.75) is 24.8 Å². The minimum absolute atomic E-state index is 0.120. The van der Waals surface area contributed by atoms with Gasteiger partial charge >= 0.3 is 0 Å². The first kappa shape index (κ1) is 13.7. The molecule has 1 aromatic heterocycles. The van der Waals surface area contributed by atoms with Gasteiger partial charge in [-0.15, -0.1) is 0 Å². The molecule has 2 aromatic rings. The fourth-order valence-corrected chi connectivity index (χ4v) is 3.00. The van der Waals surface area contributed by atoms with Crippen molar-refractivity contribution in [2.75, 3.05) is 0 Å². The molecule has 0 spiro atoms. The predicted molar refractivity (Wildman–Crippen MR) is 75.1 cm³/mol. The number of pyridine rings is 1. The molecule has 4 nitrogen and oxygen atoms in total. The van der Waals surface area contributed by atoms with E-state index < -0.39 is 10.0 Å². The molecule has 19 heavy (non-hydrogen) atoms. The third-order valence-corrected chi connectivity index (χ3v) is 4.24. The van der Waals surface area contributed by atoms with Crippen LogP contribution >= 0.6 is 0 Å². The third kappa shape index (κ3) is 3.39. The number of nitrogens with one attached hydrogen (secondary N) is 1. The molecule has 0 aliphatic heterocycles. The predicted octanol–water partition coefficient (Wildman–Crippen LogP) is 2.44. The number of sulfonamides is 1. The van der Waals surface area contributed by atoms with Gasteiger partial charge in [-0.25, -0.2) is 13.1 Å². The zero-order chi connectivity index (χ0) is 13.9. The highest BCUT2D eigenvalue weighted by atomic mass is 32.2. The molecule has 0 bridgehead atoms. The molecule has 5 heteroatoms. The molecule has 1 N–H and O–H groups in total. The van der Waals surface area contributed by atoms with Crippen LogP contribution in [0.5, 0.6) is 0 Å². The molecule has 100 valence electrons. The van der Waals surface area contributed by atoms with Crippen LogP contribution in [0.25, 0.3) is 11.1 Å². The lowest BCUT2D eigenvalue weighted by atomic mass is 10.1. The number of hydrogen-bond donors (Lipinski definition) is 1. The van der Waals surface area contributed by atoms with Gasteiger partial charge in [0, 0.05) is 18.4 Å². The molecule has 0 radical (unpaired) electrons. The number of rotatable bonds is 4. The Hall–Kier alpha value is -1.72. The zero-order valence-corrected chi connectivity index (χ0v) is 11.7. The Balaban J connectivity index is 2.29. The lowest BCUT2D eigenvalue weighted by Gasteiger charge is -2.10. The SMILES string of the molecule is CC(C)NS(=O)(=O)c1ccc(-c2ccncc2)cc1. The van der Waals surface area contributed by atoms with Gasteiger partial charge in [0.2, 0.25) is 10.0 Å². The summed E-state index contributed by atoms with van der Waals surface area (Å²) < 4.78 is 26.5. The third-order valence-electron chi connectivity index (χ3n) is 2.57. The van der Waals surface area contributed by atoms with Gasteiger partial charge in [-0.05, 0) is 49.2 Å². The second-order valence-corrected chi connectivity index (χ2v) is 6.25. The molecule has 0 amide bonds. The summed E-state index contributed by atoms with van der Waals surface area (Å²) in [5, 5.41) is 0. The van der Waals surface area contributed by atoms with E-state index in [1.54, 1.807) is 50.5 Å². The minimum atomic E-state index is -3.42. The highest BCUT2D eigenvalue weighted by Crippen LogP contribution is 2.20. The maximum absolute atomic E-state index is 12.0. The van der Waals surface area contributed by atoms with Crippen molar-refractivity contribution in [3.63, 3.8) is 0 Å². The Morgan fingerprint density at radius 2 is 1.47 bits per heavy atom. The summed E-state index contributed by atoms with van der Waals surface area (Å²) in [5.74, 6) is 0. The fourth-order valence-electron chi connectivity index (χ4n) is 1.75. The monoisotopic (exact) mass is 276 g/mol. The number of aromatic nitrogens is 1. The van der Waals surface area contributed by atoms with Crippen molar-refractivity contribution in [2.24, 2.45) is 0 Å². The van der Waals surface area contributed by atoms with Gasteiger partial charge in [0.1, 0.15) is 0 Å². The van der Waals surface area contributed by atoms with Crippen molar-refractivity contribution < 1.29 is 8.42 Å². The van der Waals surface area contributed by atoms with E-state index in [9.17, 15) is 8.42 Å². The summed E-state index contributed by atoms with van der Waals surface area (Å²) in [6, 6.07) is 10.5. The number of hydrogen-bond acceptors (Lipinski definition) is 3. The van der Waals surface area contributed by atoms with Crippen LogP contribution in [0.3, 0.4) is 0 Å². The zero-order valence-electron chi connectivity index (χ0n) is 10.9. The van der Waals surface area contributed by atoms with Crippen LogP contribution in [0.2, 0.25) is 0 Å². The van der Waals surface area contributed by atoms with E-state index in [0.717, 1.165) is 11.1 Å². The Morgan fingerprint density at radius 3 is 2.00 bits per heavy atom. The van der Waals surface area contributed by atoms with Gasteiger partial charge in [0.05, 0.1) is 4.90 Å². The second kappa shape index (κ2) is 5.50. The van der Waals surface area contributed by atoms with Crippen molar-refractivity contribution in [3.8, 4) is 11.1 Å². The molecule has 0 saturated heterocycles. The van der Waals surface area contributed by atoms with Crippen molar-refractivity contribution in [1.82, 2.24) is 9.71 Å². The minimum Gasteiger partial charge on any atom is -0.265 e. The lowest BCUT2D eigenvalue weighted by molar-refractivity contribution is 0.570. The molecular weight excluding hydrogens is 260 g/mol. The second-order valence-electron chi connectivity index (χ2n) is 4.54. The first-order chi connectivity index (χ1) is 8.99. The number of benzene rings is 1. The van der Waals surface area contributed by atoms with Gasteiger partial charge in [-0.2, -0.15) is 0 Å². The highest BCUT2D eigenvalue weighted by Gasteiger charge is 2.14. The molecule has 0 unspecified atom stereocenters. The van der Waals surface area contributed by atoms with Gasteiger partial charge in [-0.3, -0.25) is 4.98 Å². The molecule has 2 rings (SSSR count). The van der Waals surface area contributed by atoms with E-state index in [1.807, 2.05) is 12.1 Å². The standard InChI is InChI=1S/C14H16N2O2S/c1-11(2)16-19(17,18)14-5-3-12(4-6-14)13-7-9-15-10-8-13/h3-11,16H,1-2H3. The van der Waals surface area contributed by atoms with E-state index in [4.69, 9.17) is 0 Å². The van der Waals surface area contributed by atoms with E-state index >= 15 is 0 Å². The van der Waals surface area contributed by atoms with E-state index in [-0.39, 0.29) is 10.9 Å². The Kier molecular flexibility index (Phi) is 3.97. The molecule has 0 saturated carbocycles. The average Bonchev–Trinajstić information content (AvgIpc) is 2.38. The van der Waals surface area contributed by atoms with Gasteiger partial charge in [-0.1, -0.05) is 12.1 Å². The maximum Gasteiger partial charge on any atom is 0.240 e. The Bertz CT molecular complexity index is 635. The highest BCUT2D eigenvalue weighted by molar-refractivity contribution is 7.89. The number of nitrogens with zero attached hydrogens (tertiary/aromatic N) is 1. The van der Waals surface area contributed by atoms with E-state index in [1.165, 1.54) is 0 Å². The van der Waals surface area contributed by atoms with Crippen LogP contribution in [0, 0.1) is 0 Å². The summed E-state index contributed by atoms with van der Waals surface area (Å²) >= 11 is 0. The first-order valence-corrected chi connectivity index (χ1v) is 7.50. The van der Waals surface area contributed by atoms with Gasteiger partial charge in [0.15, 0.2) is 0 Å². The molecule has 1 aromatic carbocycles. The van der Waals surface area contributed by atoms with E-state index in [0.29, 0.717) is 0 Å². The van der Waals surface area contributed by atoms with Crippen LogP contribution in [-0.2, 0) is 10.0 Å². The Morgan fingerprint density at radius 1 is 0.947 bits per heavy atom. The summed E-state index contributed by atoms with van der Waals surface area (Å²) in [5.41, 5.74) is 1.97. The van der Waals surface area contributed by atoms with Crippen LogP contribution < -0.4 is 4.72 Å². The van der Waals surface area contributed by atoms with E-state index in [2.05, 4.69) is 9.71 Å². The molecule has 0 fully saturated rings. The topological polar surface area (TPSA) is 59.1 Å². The van der Waals surface area contributed by atoms with Crippen LogP contribution in [-0.4, -0.2) is 19.4 Å². The van der Waals surface area contributed by atoms with Crippen LogP contribution in [0.1, 0.15) is 13.8 Å². The van der Waals surface area contributed by atoms with Crippen molar-refractivity contribution >= 4 is 10.0 Å². The van der Waals surface area contributed by atoms with Crippen molar-refractivity contribution in [1.29, 1.82) is 0 Å². The summed E-state index contributed by atoms with van der Waals surface area (Å²) in [7, 11) is -3.42. The smallest absolute Gasteiger partial charge is 0.240 e. The van der Waals surface area contributed by atoms with Gasteiger partial charge in [0.25, 0.3) is 0 Å². The average molecular weight is 276 g/mol. The lowest BCUT2D eigenvalue weighted by Crippen LogP contribution is -2.30. The van der Waals surface area contributed by atoms with Crippen LogP contribution in [0.15, 0.2) is 53.7 Å². The van der Waals surface area contributed by atoms with Crippen LogP contribution in [0.4, 0.5) is 0 Å². The molecule has 0 atom stereocenters. The molecular formula is C14H16N2O2S.